The lowest BCUT2D eigenvalue weighted by molar-refractivity contribution is -0.147. The van der Waals surface area contributed by atoms with Crippen LogP contribution >= 0.6 is 0 Å². The number of nitrogens with one attached hydrogen (secondary N) is 1. The van der Waals surface area contributed by atoms with Crippen LogP contribution in [0.5, 0.6) is 0 Å². The molecule has 1 aliphatic rings. The highest BCUT2D eigenvalue weighted by Crippen LogP contribution is 2.30. The average molecular weight is 763 g/mol. The molecule has 4 aromatic rings. The summed E-state index contributed by atoms with van der Waals surface area (Å²) in [6, 6.07) is 15.7. The molecule has 2 unspecified atom stereocenters. The van der Waals surface area contributed by atoms with Crippen molar-refractivity contribution in [3.05, 3.63) is 78.3 Å². The standard InChI is InChI=1S/C41H54N4O8S/c1-4-51-27-36-44-38-35(43-34-24-16-15-23-33(34)39(38)45(36)29-41(2,3)48)26-37(46)52-31(28-54(49,50)32-21-13-8-14-22-32)20-12-9-17-25-42-40(47)53-30-18-10-6-5-7-11-19-30/h5-6,8,13-16,21-24,30-31,48H,4,7,9-12,17-20,25-29H2,1-3H3,(H,42,47)/b6-5+. The Bertz CT molecular complexity index is 1990. The minimum atomic E-state index is -3.77. The zero-order valence-electron chi connectivity index (χ0n) is 31.7. The van der Waals surface area contributed by atoms with E-state index in [1.807, 2.05) is 35.8 Å². The Morgan fingerprint density at radius 3 is 2.54 bits per heavy atom. The Labute approximate surface area is 318 Å². The Morgan fingerprint density at radius 1 is 1.00 bits per heavy atom. The maximum absolute atomic E-state index is 13.7. The summed E-state index contributed by atoms with van der Waals surface area (Å²) >= 11 is 0. The molecule has 0 saturated carbocycles. The van der Waals surface area contributed by atoms with Gasteiger partial charge in [-0.3, -0.25) is 4.79 Å². The molecule has 2 aromatic carbocycles. The van der Waals surface area contributed by atoms with E-state index >= 15 is 0 Å². The highest BCUT2D eigenvalue weighted by atomic mass is 32.2. The summed E-state index contributed by atoms with van der Waals surface area (Å²) in [5.41, 5.74) is 1.19. The van der Waals surface area contributed by atoms with Crippen molar-refractivity contribution in [2.24, 2.45) is 0 Å². The van der Waals surface area contributed by atoms with Crippen molar-refractivity contribution in [2.45, 2.75) is 121 Å². The van der Waals surface area contributed by atoms with Crippen molar-refractivity contribution in [3.8, 4) is 0 Å². The normalized spacial score (nSPS) is 16.4. The number of allylic oxidation sites excluding steroid dienone is 2. The van der Waals surface area contributed by atoms with Gasteiger partial charge in [-0.05, 0) is 90.3 Å². The fourth-order valence-corrected chi connectivity index (χ4v) is 8.23. The number of alkyl carbamates (subject to hydrolysis) is 1. The summed E-state index contributed by atoms with van der Waals surface area (Å²) < 4.78 is 46.1. The maximum Gasteiger partial charge on any atom is 0.407 e. The molecule has 1 amide bonds. The number of aromatic nitrogens is 3. The number of fused-ring (bicyclic) bond motifs is 3. The molecule has 0 bridgehead atoms. The van der Waals surface area contributed by atoms with Gasteiger partial charge in [0.2, 0.25) is 0 Å². The number of carbonyl (C=O) groups is 2. The van der Waals surface area contributed by atoms with Gasteiger partial charge in [-0.15, -0.1) is 0 Å². The molecule has 2 N–H and O–H groups in total. The minimum Gasteiger partial charge on any atom is -0.461 e. The first kappa shape index (κ1) is 40.8. The zero-order valence-corrected chi connectivity index (χ0v) is 32.5. The monoisotopic (exact) mass is 762 g/mol. The molecule has 0 aliphatic heterocycles. The number of rotatable bonds is 18. The second-order valence-electron chi connectivity index (χ2n) is 14.5. The maximum atomic E-state index is 13.7. The average Bonchev–Trinajstić information content (AvgIpc) is 3.47. The molecule has 1 aliphatic carbocycles. The molecule has 5 rings (SSSR count). The quantitative estimate of drug-likeness (QED) is 0.0615. The first-order valence-electron chi connectivity index (χ1n) is 19.1. The van der Waals surface area contributed by atoms with Crippen molar-refractivity contribution in [1.82, 2.24) is 19.9 Å². The van der Waals surface area contributed by atoms with Gasteiger partial charge >= 0.3 is 12.1 Å². The van der Waals surface area contributed by atoms with E-state index in [1.54, 1.807) is 32.0 Å². The predicted octanol–water partition coefficient (Wildman–Crippen LogP) is 7.00. The molecular weight excluding hydrogens is 709 g/mol. The molecule has 13 heteroatoms. The lowest BCUT2D eigenvalue weighted by atomic mass is 10.0. The van der Waals surface area contributed by atoms with Gasteiger partial charge in [-0.1, -0.05) is 55.0 Å². The number of sulfone groups is 1. The van der Waals surface area contributed by atoms with Crippen LogP contribution in [0.25, 0.3) is 21.9 Å². The van der Waals surface area contributed by atoms with Gasteiger partial charge in [0.15, 0.2) is 9.84 Å². The molecule has 0 fully saturated rings. The first-order valence-corrected chi connectivity index (χ1v) is 20.7. The Morgan fingerprint density at radius 2 is 1.76 bits per heavy atom. The van der Waals surface area contributed by atoms with Gasteiger partial charge < -0.3 is 29.2 Å². The number of imidazole rings is 1. The molecule has 12 nitrogen and oxygen atoms in total. The van der Waals surface area contributed by atoms with Crippen LogP contribution in [0, 0.1) is 0 Å². The third-order valence-electron chi connectivity index (χ3n) is 9.30. The molecule has 2 atom stereocenters. The van der Waals surface area contributed by atoms with Crippen molar-refractivity contribution in [1.29, 1.82) is 0 Å². The lowest BCUT2D eigenvalue weighted by Gasteiger charge is -2.21. The van der Waals surface area contributed by atoms with E-state index < -0.39 is 33.6 Å². The number of benzene rings is 2. The van der Waals surface area contributed by atoms with Crippen molar-refractivity contribution in [3.63, 3.8) is 0 Å². The van der Waals surface area contributed by atoms with Crippen LogP contribution in [0.15, 0.2) is 71.6 Å². The number of hydrogen-bond acceptors (Lipinski definition) is 10. The first-order chi connectivity index (χ1) is 25.9. The molecule has 54 heavy (non-hydrogen) atoms. The van der Waals surface area contributed by atoms with Gasteiger partial charge in [-0.2, -0.15) is 0 Å². The summed E-state index contributed by atoms with van der Waals surface area (Å²) in [6.45, 7) is 6.66. The van der Waals surface area contributed by atoms with E-state index in [0.717, 1.165) is 43.0 Å². The number of unbranched alkanes of at least 4 members (excludes halogenated alkanes) is 2. The predicted molar refractivity (Wildman–Crippen MR) is 208 cm³/mol. The number of carbonyl (C=O) groups excluding carboxylic acids is 2. The summed E-state index contributed by atoms with van der Waals surface area (Å²) in [7, 11) is -3.77. The smallest absolute Gasteiger partial charge is 0.407 e. The highest BCUT2D eigenvalue weighted by Gasteiger charge is 2.27. The van der Waals surface area contributed by atoms with Crippen molar-refractivity contribution < 1.29 is 37.3 Å². The number of esters is 1. The number of nitrogens with zero attached hydrogens (tertiary/aromatic N) is 3. The van der Waals surface area contributed by atoms with E-state index in [2.05, 4.69) is 17.5 Å². The SMILES string of the molecule is CCOCc1nc2c(CC(=O)OC(CCCCCNC(=O)OC3CC/C=C/CCC3)CS(=O)(=O)c3ccccc3)nc3ccccc3c2n1CC(C)(C)O. The molecule has 0 spiro atoms. The summed E-state index contributed by atoms with van der Waals surface area (Å²) in [5.74, 6) is -0.401. The summed E-state index contributed by atoms with van der Waals surface area (Å²) in [4.78, 5) is 35.9. The molecule has 2 aromatic heterocycles. The molecule has 2 heterocycles. The van der Waals surface area contributed by atoms with Gasteiger partial charge in [-0.25, -0.2) is 23.2 Å². The molecule has 0 saturated heterocycles. The van der Waals surface area contributed by atoms with Crippen LogP contribution < -0.4 is 5.32 Å². The second kappa shape index (κ2) is 19.3. The van der Waals surface area contributed by atoms with E-state index in [4.69, 9.17) is 24.2 Å². The number of ether oxygens (including phenoxy) is 3. The summed E-state index contributed by atoms with van der Waals surface area (Å²) in [5, 5.41) is 14.5. The van der Waals surface area contributed by atoms with Gasteiger partial charge in [0.05, 0.1) is 45.9 Å². The van der Waals surface area contributed by atoms with Crippen LogP contribution in [0.4, 0.5) is 4.79 Å². The molecule has 0 radical (unpaired) electrons. The lowest BCUT2D eigenvalue weighted by Crippen LogP contribution is -2.30. The molecular formula is C41H54N4O8S. The minimum absolute atomic E-state index is 0.0848. The number of hydrogen-bond donors (Lipinski definition) is 2. The van der Waals surface area contributed by atoms with Gasteiger partial charge in [0.25, 0.3) is 0 Å². The zero-order chi connectivity index (χ0) is 38.6. The van der Waals surface area contributed by atoms with Crippen LogP contribution in [0.1, 0.15) is 90.1 Å². The fraction of sp³-hybridized carbons (Fsp3) is 0.512. The topological polar surface area (TPSA) is 159 Å². The van der Waals surface area contributed by atoms with E-state index in [0.29, 0.717) is 61.4 Å². The van der Waals surface area contributed by atoms with Gasteiger partial charge in [0, 0.05) is 18.5 Å². The van der Waals surface area contributed by atoms with Crippen molar-refractivity contribution >= 4 is 43.8 Å². The van der Waals surface area contributed by atoms with Crippen LogP contribution in [0.3, 0.4) is 0 Å². The Balaban J connectivity index is 1.28. The number of aliphatic hydroxyl groups is 1. The van der Waals surface area contributed by atoms with Crippen LogP contribution in [0.2, 0.25) is 0 Å². The third kappa shape index (κ3) is 11.8. The van der Waals surface area contributed by atoms with Crippen LogP contribution in [-0.4, -0.2) is 76.8 Å². The van der Waals surface area contributed by atoms with E-state index in [9.17, 15) is 23.1 Å². The molecule has 292 valence electrons. The number of pyridine rings is 1. The van der Waals surface area contributed by atoms with Crippen LogP contribution in [-0.2, 0) is 48.4 Å². The highest BCUT2D eigenvalue weighted by molar-refractivity contribution is 7.91. The fourth-order valence-electron chi connectivity index (χ4n) is 6.74. The number of amides is 1. The van der Waals surface area contributed by atoms with Gasteiger partial charge in [0.1, 0.15) is 30.2 Å². The Hall–Kier alpha value is -4.33. The largest absolute Gasteiger partial charge is 0.461 e. The van der Waals surface area contributed by atoms with E-state index in [-0.39, 0.29) is 36.3 Å². The number of para-hydroxylation sites is 1. The Kier molecular flexibility index (Phi) is 14.6. The second-order valence-corrected chi connectivity index (χ2v) is 16.5. The van der Waals surface area contributed by atoms with Crippen molar-refractivity contribution in [2.75, 3.05) is 18.9 Å². The van der Waals surface area contributed by atoms with E-state index in [1.165, 1.54) is 12.1 Å². The summed E-state index contributed by atoms with van der Waals surface area (Å²) in [6.07, 6.45) is 9.46. The third-order valence-corrected chi connectivity index (χ3v) is 11.1.